The molecule has 2 aliphatic heterocycles. The standard InChI is InChI=1S/C15H24N2O3.C11H16N4O3/c1-16-14(18)13(7-11-5-3-2-4-6-11)17(15(16)19)8-12-9-20-10-12;1-11(3-2-4-11)5-15-9(17)6(7(12)13)8(16)14-10(15)18/h11-13H,2-10H2,1H3;17H,2-5H2,1H3,(H3,12,13)(H,14,16,18). The van der Waals surface area contributed by atoms with Crippen molar-refractivity contribution in [3.63, 3.8) is 0 Å². The van der Waals surface area contributed by atoms with Gasteiger partial charge >= 0.3 is 11.7 Å². The van der Waals surface area contributed by atoms with Gasteiger partial charge in [0.15, 0.2) is 0 Å². The van der Waals surface area contributed by atoms with E-state index in [0.29, 0.717) is 24.9 Å². The SMILES string of the molecule is CC1(Cn2c(O)c(C(=N)N)c(=O)[nH]c2=O)CCC1.CN1C(=O)C(CC2CCCCC2)N(CC2COC2)C1=O. The average Bonchev–Trinajstić information content (AvgIpc) is 3.02. The summed E-state index contributed by atoms with van der Waals surface area (Å²) in [6, 6.07) is -0.348. The van der Waals surface area contributed by atoms with E-state index in [0.717, 1.165) is 43.5 Å². The lowest BCUT2D eigenvalue weighted by molar-refractivity contribution is -0.128. The Morgan fingerprint density at radius 3 is 2.29 bits per heavy atom. The number of hydrogen-bond donors (Lipinski definition) is 4. The fourth-order valence-electron chi connectivity index (χ4n) is 5.89. The first-order chi connectivity index (χ1) is 18.0. The summed E-state index contributed by atoms with van der Waals surface area (Å²) in [6.07, 6.45) is 10.1. The molecule has 4 fully saturated rings. The van der Waals surface area contributed by atoms with E-state index < -0.39 is 23.0 Å². The number of imide groups is 1. The van der Waals surface area contributed by atoms with Crippen molar-refractivity contribution < 1.29 is 19.4 Å². The third-order valence-corrected chi connectivity index (χ3v) is 8.51. The van der Waals surface area contributed by atoms with Crippen LogP contribution >= 0.6 is 0 Å². The summed E-state index contributed by atoms with van der Waals surface area (Å²) in [7, 11) is 1.61. The predicted molar refractivity (Wildman–Crippen MR) is 140 cm³/mol. The van der Waals surface area contributed by atoms with Crippen LogP contribution in [0.5, 0.6) is 5.88 Å². The van der Waals surface area contributed by atoms with Gasteiger partial charge in [-0.05, 0) is 30.6 Å². The number of ether oxygens (including phenoxy) is 1. The predicted octanol–water partition coefficient (Wildman–Crippen LogP) is 1.58. The molecule has 1 atom stereocenters. The molecule has 5 N–H and O–H groups in total. The van der Waals surface area contributed by atoms with Crippen molar-refractivity contribution in [1.82, 2.24) is 19.4 Å². The number of aromatic nitrogens is 2. The van der Waals surface area contributed by atoms with Crippen LogP contribution in [0.2, 0.25) is 0 Å². The van der Waals surface area contributed by atoms with Crippen LogP contribution in [0.15, 0.2) is 9.59 Å². The zero-order valence-electron chi connectivity index (χ0n) is 22.3. The van der Waals surface area contributed by atoms with Gasteiger partial charge in [-0.25, -0.2) is 9.59 Å². The van der Waals surface area contributed by atoms with Gasteiger partial charge in [-0.15, -0.1) is 0 Å². The summed E-state index contributed by atoms with van der Waals surface area (Å²) in [5.74, 6) is -0.0734. The van der Waals surface area contributed by atoms with Crippen LogP contribution in [-0.2, 0) is 16.1 Å². The lowest BCUT2D eigenvalue weighted by Gasteiger charge is -2.38. The van der Waals surface area contributed by atoms with Crippen LogP contribution in [0, 0.1) is 22.7 Å². The summed E-state index contributed by atoms with van der Waals surface area (Å²) in [6.45, 7) is 4.44. The van der Waals surface area contributed by atoms with E-state index in [2.05, 4.69) is 4.98 Å². The molecule has 0 radical (unpaired) electrons. The van der Waals surface area contributed by atoms with E-state index in [1.165, 1.54) is 37.0 Å². The minimum absolute atomic E-state index is 0.0131. The molecular weight excluding hydrogens is 492 g/mol. The molecule has 210 valence electrons. The quantitative estimate of drug-likeness (QED) is 0.234. The summed E-state index contributed by atoms with van der Waals surface area (Å²) in [5, 5.41) is 17.2. The van der Waals surface area contributed by atoms with Crippen molar-refractivity contribution in [2.24, 2.45) is 23.0 Å². The summed E-state index contributed by atoms with van der Waals surface area (Å²) in [4.78, 5) is 52.9. The number of aromatic hydroxyl groups is 1. The average molecular weight is 533 g/mol. The van der Waals surface area contributed by atoms with Gasteiger partial charge in [0.2, 0.25) is 5.88 Å². The topological polar surface area (TPSA) is 175 Å². The van der Waals surface area contributed by atoms with E-state index in [9.17, 15) is 24.3 Å². The van der Waals surface area contributed by atoms with E-state index in [1.54, 1.807) is 11.9 Å². The molecular formula is C26H40N6O6. The van der Waals surface area contributed by atoms with Gasteiger partial charge in [0.1, 0.15) is 17.4 Å². The molecule has 1 aromatic rings. The van der Waals surface area contributed by atoms with Gasteiger partial charge < -0.3 is 20.5 Å². The maximum absolute atomic E-state index is 12.3. The van der Waals surface area contributed by atoms with Gasteiger partial charge in [0, 0.05) is 26.1 Å². The van der Waals surface area contributed by atoms with Crippen molar-refractivity contribution in [3.05, 3.63) is 26.4 Å². The van der Waals surface area contributed by atoms with Gasteiger partial charge in [-0.2, -0.15) is 0 Å². The number of urea groups is 1. The minimum atomic E-state index is -0.833. The molecule has 0 aromatic carbocycles. The van der Waals surface area contributed by atoms with Crippen LogP contribution < -0.4 is 17.0 Å². The molecule has 12 heteroatoms. The molecule has 38 heavy (non-hydrogen) atoms. The molecule has 2 aliphatic carbocycles. The third kappa shape index (κ3) is 5.79. The Balaban J connectivity index is 0.000000178. The number of nitrogens with zero attached hydrogens (tertiary/aromatic N) is 3. The van der Waals surface area contributed by atoms with Crippen LogP contribution in [-0.4, -0.2) is 75.1 Å². The number of hydrogen-bond acceptors (Lipinski definition) is 7. The molecule has 1 aromatic heterocycles. The van der Waals surface area contributed by atoms with E-state index in [-0.39, 0.29) is 29.0 Å². The minimum Gasteiger partial charge on any atom is -0.494 e. The number of aromatic amines is 1. The van der Waals surface area contributed by atoms with Gasteiger partial charge in [0.05, 0.1) is 13.2 Å². The van der Waals surface area contributed by atoms with E-state index in [4.69, 9.17) is 15.9 Å². The largest absolute Gasteiger partial charge is 0.494 e. The molecule has 2 saturated carbocycles. The zero-order chi connectivity index (χ0) is 27.6. The highest BCUT2D eigenvalue weighted by Gasteiger charge is 2.45. The van der Waals surface area contributed by atoms with E-state index in [1.807, 2.05) is 6.92 Å². The molecule has 3 amide bonds. The number of nitrogens with two attached hydrogens (primary N) is 1. The maximum Gasteiger partial charge on any atom is 0.331 e. The maximum atomic E-state index is 12.3. The van der Waals surface area contributed by atoms with Gasteiger partial charge in [-0.1, -0.05) is 45.4 Å². The van der Waals surface area contributed by atoms with Crippen LogP contribution in [0.4, 0.5) is 4.79 Å². The van der Waals surface area contributed by atoms with Crippen molar-refractivity contribution in [1.29, 1.82) is 5.41 Å². The fraction of sp³-hybridized carbons (Fsp3) is 0.731. The van der Waals surface area contributed by atoms with Crippen LogP contribution in [0.25, 0.3) is 0 Å². The number of amidine groups is 1. The number of amides is 3. The number of rotatable bonds is 7. The highest BCUT2D eigenvalue weighted by Crippen LogP contribution is 2.42. The lowest BCUT2D eigenvalue weighted by Crippen LogP contribution is -2.45. The van der Waals surface area contributed by atoms with Crippen molar-refractivity contribution >= 4 is 17.8 Å². The Bertz CT molecular complexity index is 1180. The molecule has 5 rings (SSSR count). The smallest absolute Gasteiger partial charge is 0.331 e. The number of nitrogen functional groups attached to an aromatic ring is 1. The summed E-state index contributed by atoms with van der Waals surface area (Å²) >= 11 is 0. The van der Waals surface area contributed by atoms with Crippen molar-refractivity contribution in [3.8, 4) is 5.88 Å². The van der Waals surface area contributed by atoms with Crippen LogP contribution in [0.1, 0.15) is 70.3 Å². The first-order valence-electron chi connectivity index (χ1n) is 13.6. The molecule has 3 heterocycles. The van der Waals surface area contributed by atoms with Crippen molar-refractivity contribution in [2.45, 2.75) is 77.3 Å². The molecule has 0 spiro atoms. The molecule has 1 unspecified atom stereocenters. The Kier molecular flexibility index (Phi) is 8.29. The highest BCUT2D eigenvalue weighted by atomic mass is 16.5. The lowest BCUT2D eigenvalue weighted by atomic mass is 9.70. The second kappa shape index (κ2) is 11.3. The highest BCUT2D eigenvalue weighted by molar-refractivity contribution is 6.03. The van der Waals surface area contributed by atoms with Crippen molar-refractivity contribution in [2.75, 3.05) is 26.8 Å². The molecule has 12 nitrogen and oxygen atoms in total. The number of likely N-dealkylation sites (N-methyl/N-ethyl adjacent to an activating group) is 1. The zero-order valence-corrected chi connectivity index (χ0v) is 22.3. The fourth-order valence-corrected chi connectivity index (χ4v) is 5.89. The first-order valence-corrected chi connectivity index (χ1v) is 13.6. The monoisotopic (exact) mass is 532 g/mol. The Labute approximate surface area is 221 Å². The number of H-pyrrole nitrogens is 1. The number of carbonyl (C=O) groups is 2. The third-order valence-electron chi connectivity index (χ3n) is 8.51. The van der Waals surface area contributed by atoms with Crippen LogP contribution in [0.3, 0.4) is 0 Å². The summed E-state index contributed by atoms with van der Waals surface area (Å²) < 4.78 is 6.26. The molecule has 4 aliphatic rings. The van der Waals surface area contributed by atoms with Gasteiger partial charge in [0.25, 0.3) is 11.5 Å². The molecule has 2 saturated heterocycles. The number of nitrogens with one attached hydrogen (secondary N) is 2. The normalized spacial score (nSPS) is 23.5. The Hall–Kier alpha value is -3.15. The van der Waals surface area contributed by atoms with Gasteiger partial charge in [-0.3, -0.25) is 29.4 Å². The second-order valence-electron chi connectivity index (χ2n) is 11.6. The number of carbonyl (C=O) groups excluding carboxylic acids is 2. The Morgan fingerprint density at radius 1 is 1.11 bits per heavy atom. The summed E-state index contributed by atoms with van der Waals surface area (Å²) in [5.41, 5.74) is 3.33. The first kappa shape index (κ1) is 27.9. The van der Waals surface area contributed by atoms with E-state index >= 15 is 0 Å². The Morgan fingerprint density at radius 2 is 1.76 bits per heavy atom. The molecule has 0 bridgehead atoms. The second-order valence-corrected chi connectivity index (χ2v) is 11.6.